The average molecular weight is 312 g/mol. The Balaban J connectivity index is 2.39. The molecule has 2 aromatic rings. The van der Waals surface area contributed by atoms with Gasteiger partial charge in [-0.25, -0.2) is 10.1 Å². The van der Waals surface area contributed by atoms with Crippen LogP contribution in [-0.4, -0.2) is 22.1 Å². The van der Waals surface area contributed by atoms with Crippen molar-refractivity contribution in [2.45, 2.75) is 6.04 Å². The largest absolute Gasteiger partial charge is 0.497 e. The Morgan fingerprint density at radius 2 is 2.06 bits per heavy atom. The summed E-state index contributed by atoms with van der Waals surface area (Å²) in [5.74, 6) is 6.44. The van der Waals surface area contributed by atoms with Gasteiger partial charge in [0.25, 0.3) is 0 Å². The van der Waals surface area contributed by atoms with Crippen LogP contribution in [0.2, 0.25) is 0 Å². The summed E-state index contributed by atoms with van der Waals surface area (Å²) in [7, 11) is 3.45. The van der Waals surface area contributed by atoms with Gasteiger partial charge >= 0.3 is 0 Å². The minimum atomic E-state index is -0.190. The van der Waals surface area contributed by atoms with Crippen molar-refractivity contribution in [2.75, 3.05) is 7.11 Å². The van der Waals surface area contributed by atoms with E-state index in [0.717, 1.165) is 17.0 Å². The third kappa shape index (κ3) is 2.38. The van der Waals surface area contributed by atoms with Gasteiger partial charge in [-0.3, -0.25) is 5.84 Å². The van der Waals surface area contributed by atoms with Gasteiger partial charge in [-0.2, -0.15) is 0 Å². The van der Waals surface area contributed by atoms with Crippen LogP contribution in [0.1, 0.15) is 17.3 Å². The van der Waals surface area contributed by atoms with Crippen molar-refractivity contribution >= 4 is 15.9 Å². The molecule has 1 aromatic carbocycles. The average Bonchev–Trinajstić information content (AvgIpc) is 2.72. The lowest BCUT2D eigenvalue weighted by Gasteiger charge is -2.16. The number of nitrogens with zero attached hydrogens (tertiary/aromatic N) is 3. The van der Waals surface area contributed by atoms with Gasteiger partial charge in [0.15, 0.2) is 4.60 Å². The minimum Gasteiger partial charge on any atom is -0.497 e. The van der Waals surface area contributed by atoms with Gasteiger partial charge in [0.2, 0.25) is 0 Å². The second-order valence-corrected chi connectivity index (χ2v) is 4.51. The van der Waals surface area contributed by atoms with Crippen molar-refractivity contribution < 1.29 is 4.74 Å². The predicted molar refractivity (Wildman–Crippen MR) is 70.9 cm³/mol. The van der Waals surface area contributed by atoms with Gasteiger partial charge in [0.1, 0.15) is 5.75 Å². The number of hydrogen-bond donors (Lipinski definition) is 2. The standard InChI is InChI=1S/C11H14BrN5O/c1-17-10(11(12)15-16-17)9(14-13)7-3-5-8(18-2)6-4-7/h3-6,9,14H,13H2,1-2H3. The quantitative estimate of drug-likeness (QED) is 0.654. The molecular weight excluding hydrogens is 298 g/mol. The summed E-state index contributed by atoms with van der Waals surface area (Å²) in [5.41, 5.74) is 4.64. The highest BCUT2D eigenvalue weighted by molar-refractivity contribution is 9.10. The molecule has 1 atom stereocenters. The molecule has 96 valence electrons. The summed E-state index contributed by atoms with van der Waals surface area (Å²) in [6.07, 6.45) is 0. The van der Waals surface area contributed by atoms with Crippen molar-refractivity contribution in [1.82, 2.24) is 20.4 Å². The number of ether oxygens (including phenoxy) is 1. The molecule has 18 heavy (non-hydrogen) atoms. The highest BCUT2D eigenvalue weighted by Crippen LogP contribution is 2.27. The number of hydrogen-bond acceptors (Lipinski definition) is 5. The van der Waals surface area contributed by atoms with Gasteiger partial charge < -0.3 is 4.74 Å². The van der Waals surface area contributed by atoms with E-state index in [2.05, 4.69) is 31.7 Å². The number of nitrogens with two attached hydrogens (primary N) is 1. The Labute approximate surface area is 113 Å². The smallest absolute Gasteiger partial charge is 0.153 e. The van der Waals surface area contributed by atoms with E-state index < -0.39 is 0 Å². The summed E-state index contributed by atoms with van der Waals surface area (Å²) >= 11 is 3.37. The number of benzene rings is 1. The fourth-order valence-electron chi connectivity index (χ4n) is 1.77. The van der Waals surface area contributed by atoms with Gasteiger partial charge in [-0.1, -0.05) is 17.3 Å². The van der Waals surface area contributed by atoms with Crippen LogP contribution in [0.3, 0.4) is 0 Å². The van der Waals surface area contributed by atoms with Crippen molar-refractivity contribution in [2.24, 2.45) is 12.9 Å². The van der Waals surface area contributed by atoms with Gasteiger partial charge in [0.05, 0.1) is 18.8 Å². The maximum Gasteiger partial charge on any atom is 0.153 e. The zero-order chi connectivity index (χ0) is 13.1. The van der Waals surface area contributed by atoms with Gasteiger partial charge in [0, 0.05) is 7.05 Å². The molecule has 2 rings (SSSR count). The molecule has 0 saturated heterocycles. The maximum absolute atomic E-state index is 5.63. The van der Waals surface area contributed by atoms with Crippen molar-refractivity contribution in [3.8, 4) is 5.75 Å². The molecule has 0 bridgehead atoms. The lowest BCUT2D eigenvalue weighted by atomic mass is 10.0. The first-order chi connectivity index (χ1) is 8.67. The SMILES string of the molecule is COc1ccc(C(NN)c2c(Br)nnn2C)cc1. The number of aromatic nitrogens is 3. The summed E-state index contributed by atoms with van der Waals surface area (Å²) in [4.78, 5) is 0. The topological polar surface area (TPSA) is 78.0 Å². The Morgan fingerprint density at radius 3 is 2.50 bits per heavy atom. The number of rotatable bonds is 4. The molecule has 1 aromatic heterocycles. The molecule has 0 saturated carbocycles. The molecule has 7 heteroatoms. The Morgan fingerprint density at radius 1 is 1.39 bits per heavy atom. The maximum atomic E-state index is 5.63. The first-order valence-electron chi connectivity index (χ1n) is 5.32. The molecule has 0 aliphatic carbocycles. The molecule has 6 nitrogen and oxygen atoms in total. The molecule has 0 aliphatic rings. The molecule has 0 amide bonds. The van der Waals surface area contributed by atoms with Crippen LogP contribution in [0.15, 0.2) is 28.9 Å². The van der Waals surface area contributed by atoms with E-state index in [1.807, 2.05) is 31.3 Å². The summed E-state index contributed by atoms with van der Waals surface area (Å²) < 4.78 is 7.48. The summed E-state index contributed by atoms with van der Waals surface area (Å²) in [6, 6.07) is 7.48. The molecule has 1 unspecified atom stereocenters. The minimum absolute atomic E-state index is 0.190. The fraction of sp³-hybridized carbons (Fsp3) is 0.273. The van der Waals surface area contributed by atoms with E-state index in [4.69, 9.17) is 10.6 Å². The highest BCUT2D eigenvalue weighted by atomic mass is 79.9. The summed E-state index contributed by atoms with van der Waals surface area (Å²) in [6.45, 7) is 0. The van der Waals surface area contributed by atoms with Gasteiger partial charge in [-0.15, -0.1) is 5.10 Å². The van der Waals surface area contributed by atoms with Crippen molar-refractivity contribution in [3.05, 3.63) is 40.1 Å². The first kappa shape index (κ1) is 13.0. The normalized spacial score (nSPS) is 12.4. The van der Waals surface area contributed by atoms with E-state index in [-0.39, 0.29) is 6.04 Å². The van der Waals surface area contributed by atoms with E-state index in [1.54, 1.807) is 11.8 Å². The molecule has 0 radical (unpaired) electrons. The van der Waals surface area contributed by atoms with E-state index >= 15 is 0 Å². The van der Waals surface area contributed by atoms with Crippen LogP contribution in [-0.2, 0) is 7.05 Å². The molecule has 0 aliphatic heterocycles. The second-order valence-electron chi connectivity index (χ2n) is 3.76. The van der Waals surface area contributed by atoms with Gasteiger partial charge in [-0.05, 0) is 33.6 Å². The van der Waals surface area contributed by atoms with Crippen LogP contribution in [0.5, 0.6) is 5.75 Å². The monoisotopic (exact) mass is 311 g/mol. The van der Waals surface area contributed by atoms with Crippen molar-refractivity contribution in [3.63, 3.8) is 0 Å². The van der Waals surface area contributed by atoms with E-state index in [0.29, 0.717) is 4.60 Å². The van der Waals surface area contributed by atoms with E-state index in [9.17, 15) is 0 Å². The lowest BCUT2D eigenvalue weighted by Crippen LogP contribution is -2.30. The fourth-order valence-corrected chi connectivity index (χ4v) is 2.33. The number of aryl methyl sites for hydroxylation is 1. The number of halogens is 1. The molecule has 0 fully saturated rings. The van der Waals surface area contributed by atoms with Crippen LogP contribution in [0.4, 0.5) is 0 Å². The Hall–Kier alpha value is -1.44. The Kier molecular flexibility index (Phi) is 3.95. The third-order valence-corrected chi connectivity index (χ3v) is 3.28. The second kappa shape index (κ2) is 5.47. The van der Waals surface area contributed by atoms with Crippen LogP contribution < -0.4 is 16.0 Å². The molecule has 3 N–H and O–H groups in total. The van der Waals surface area contributed by atoms with Crippen LogP contribution in [0, 0.1) is 0 Å². The zero-order valence-corrected chi connectivity index (χ0v) is 11.7. The number of methoxy groups -OCH3 is 1. The number of nitrogens with one attached hydrogen (secondary N) is 1. The predicted octanol–water partition coefficient (Wildman–Crippen LogP) is 1.14. The van der Waals surface area contributed by atoms with Crippen LogP contribution in [0.25, 0.3) is 0 Å². The lowest BCUT2D eigenvalue weighted by molar-refractivity contribution is 0.414. The molecular formula is C11H14BrN5O. The third-order valence-electron chi connectivity index (χ3n) is 2.72. The number of hydrazine groups is 1. The zero-order valence-electron chi connectivity index (χ0n) is 10.1. The summed E-state index contributed by atoms with van der Waals surface area (Å²) in [5, 5.41) is 7.90. The highest BCUT2D eigenvalue weighted by Gasteiger charge is 2.20. The van der Waals surface area contributed by atoms with Crippen molar-refractivity contribution in [1.29, 1.82) is 0 Å². The Bertz CT molecular complexity index is 505. The van der Waals surface area contributed by atoms with E-state index in [1.165, 1.54) is 0 Å². The van der Waals surface area contributed by atoms with Crippen LogP contribution >= 0.6 is 15.9 Å². The first-order valence-corrected chi connectivity index (χ1v) is 6.11. The molecule has 0 spiro atoms. The molecule has 1 heterocycles.